The molecule has 0 bridgehead atoms. The van der Waals surface area contributed by atoms with Crippen LogP contribution in [0.25, 0.3) is 0 Å². The van der Waals surface area contributed by atoms with Crippen molar-refractivity contribution in [3.63, 3.8) is 0 Å². The molecule has 0 saturated heterocycles. The van der Waals surface area contributed by atoms with E-state index in [1.54, 1.807) is 30.2 Å². The van der Waals surface area contributed by atoms with Gasteiger partial charge in [-0.05, 0) is 35.3 Å². The van der Waals surface area contributed by atoms with Crippen molar-refractivity contribution in [2.45, 2.75) is 26.8 Å². The number of hydrogen-bond donors (Lipinski definition) is 2. The third-order valence-corrected chi connectivity index (χ3v) is 4.90. The Morgan fingerprint density at radius 3 is 2.74 bits per heavy atom. The van der Waals surface area contributed by atoms with Crippen molar-refractivity contribution in [1.29, 1.82) is 0 Å². The van der Waals surface area contributed by atoms with Crippen LogP contribution in [0.15, 0.2) is 21.1 Å². The van der Waals surface area contributed by atoms with Crippen molar-refractivity contribution in [2.75, 3.05) is 7.05 Å². The quantitative estimate of drug-likeness (QED) is 0.372. The monoisotopic (exact) mass is 347 g/mol. The molecule has 1 amide bonds. The van der Waals surface area contributed by atoms with E-state index < -0.39 is 5.41 Å². The van der Waals surface area contributed by atoms with Gasteiger partial charge in [0.25, 0.3) is 0 Å². The molecular weight excluding hydrogens is 330 g/mol. The van der Waals surface area contributed by atoms with E-state index in [4.69, 9.17) is 10.9 Å². The molecule has 1 heterocycles. The molecule has 19 heavy (non-hydrogen) atoms. The van der Waals surface area contributed by atoms with Gasteiger partial charge in [-0.2, -0.15) is 0 Å². The lowest BCUT2D eigenvalue weighted by molar-refractivity contribution is -0.137. The van der Waals surface area contributed by atoms with Crippen LogP contribution in [0.3, 0.4) is 0 Å². The maximum atomic E-state index is 12.5. The number of nitrogens with zero attached hydrogens (tertiary/aromatic N) is 2. The molecule has 0 fully saturated rings. The molecule has 1 unspecified atom stereocenters. The third-order valence-electron chi connectivity index (χ3n) is 3.21. The summed E-state index contributed by atoms with van der Waals surface area (Å²) < 4.78 is 1.00. The zero-order valence-electron chi connectivity index (χ0n) is 11.2. The van der Waals surface area contributed by atoms with Crippen LogP contribution in [0.1, 0.15) is 25.1 Å². The summed E-state index contributed by atoms with van der Waals surface area (Å²) in [4.78, 5) is 15.1. The first kappa shape index (κ1) is 16.0. The number of amidine groups is 1. The summed E-state index contributed by atoms with van der Waals surface area (Å²) in [5.41, 5.74) is 4.67. The lowest BCUT2D eigenvalue weighted by Gasteiger charge is -2.30. The Hall–Kier alpha value is -1.08. The van der Waals surface area contributed by atoms with Gasteiger partial charge >= 0.3 is 0 Å². The highest BCUT2D eigenvalue weighted by Crippen LogP contribution is 2.26. The molecule has 0 aromatic carbocycles. The Morgan fingerprint density at radius 2 is 2.32 bits per heavy atom. The van der Waals surface area contributed by atoms with Gasteiger partial charge in [0.2, 0.25) is 5.91 Å². The number of oxime groups is 1. The lowest BCUT2D eigenvalue weighted by Crippen LogP contribution is -2.47. The van der Waals surface area contributed by atoms with Gasteiger partial charge in [-0.1, -0.05) is 12.1 Å². The Balaban J connectivity index is 2.86. The number of carbonyl (C=O) groups excluding carboxylic acids is 1. The Bertz CT molecular complexity index is 489. The van der Waals surface area contributed by atoms with Crippen LogP contribution in [0.2, 0.25) is 0 Å². The number of halogens is 1. The van der Waals surface area contributed by atoms with E-state index in [-0.39, 0.29) is 11.7 Å². The van der Waals surface area contributed by atoms with E-state index in [2.05, 4.69) is 21.1 Å². The molecule has 0 saturated carbocycles. The molecule has 1 atom stereocenters. The first-order valence-corrected chi connectivity index (χ1v) is 7.49. The fraction of sp³-hybridized carbons (Fsp3) is 0.500. The van der Waals surface area contributed by atoms with Crippen molar-refractivity contribution in [1.82, 2.24) is 4.90 Å². The van der Waals surface area contributed by atoms with Gasteiger partial charge in [0.15, 0.2) is 5.84 Å². The zero-order valence-corrected chi connectivity index (χ0v) is 13.6. The van der Waals surface area contributed by atoms with E-state index in [1.165, 1.54) is 0 Å². The van der Waals surface area contributed by atoms with Crippen LogP contribution >= 0.6 is 27.3 Å². The first-order chi connectivity index (χ1) is 8.85. The topological polar surface area (TPSA) is 78.9 Å². The molecular formula is C12H18BrN3O2S. The van der Waals surface area contributed by atoms with Gasteiger partial charge in [0, 0.05) is 21.8 Å². The van der Waals surface area contributed by atoms with E-state index in [1.807, 2.05) is 18.4 Å². The Morgan fingerprint density at radius 1 is 1.68 bits per heavy atom. The molecule has 3 N–H and O–H groups in total. The highest BCUT2D eigenvalue weighted by atomic mass is 79.9. The summed E-state index contributed by atoms with van der Waals surface area (Å²) in [6.07, 6.45) is 0.472. The molecule has 0 spiro atoms. The number of thiophene rings is 1. The molecule has 1 aromatic rings. The summed E-state index contributed by atoms with van der Waals surface area (Å²) in [7, 11) is 1.72. The van der Waals surface area contributed by atoms with Gasteiger partial charge in [-0.3, -0.25) is 4.79 Å². The number of amides is 1. The molecule has 1 aromatic heterocycles. The van der Waals surface area contributed by atoms with Crippen molar-refractivity contribution >= 4 is 39.0 Å². The first-order valence-electron chi connectivity index (χ1n) is 5.81. The molecule has 0 aliphatic carbocycles. The second-order valence-corrected chi connectivity index (χ2v) is 6.47. The minimum Gasteiger partial charge on any atom is -0.409 e. The Kier molecular flexibility index (Phi) is 5.37. The molecule has 7 heteroatoms. The summed E-state index contributed by atoms with van der Waals surface area (Å²) in [6, 6.07) is 1.97. The van der Waals surface area contributed by atoms with E-state index in [9.17, 15) is 4.79 Å². The number of nitrogens with two attached hydrogens (primary N) is 1. The molecule has 5 nitrogen and oxygen atoms in total. The van der Waals surface area contributed by atoms with Crippen molar-refractivity contribution < 1.29 is 10.0 Å². The Labute approximate surface area is 125 Å². The average molecular weight is 348 g/mol. The third kappa shape index (κ3) is 3.48. The predicted octanol–water partition coefficient (Wildman–Crippen LogP) is 2.63. The standard InChI is InChI=1S/C12H18BrN3O2S/c1-4-12(2,10(14)15-18)11(17)16(3)6-9-5-8(13)7-19-9/h5,7,18H,4,6H2,1-3H3,(H2,14,15). The molecule has 0 aliphatic heterocycles. The second kappa shape index (κ2) is 6.38. The fourth-order valence-corrected chi connectivity index (χ4v) is 3.22. The maximum Gasteiger partial charge on any atom is 0.236 e. The van der Waals surface area contributed by atoms with Crippen molar-refractivity contribution in [3.8, 4) is 0 Å². The summed E-state index contributed by atoms with van der Waals surface area (Å²) in [5.74, 6) is -0.214. The number of rotatable bonds is 5. The van der Waals surface area contributed by atoms with Gasteiger partial charge in [0.1, 0.15) is 5.41 Å². The summed E-state index contributed by atoms with van der Waals surface area (Å²) in [6.45, 7) is 4.03. The van der Waals surface area contributed by atoms with Crippen LogP contribution in [-0.2, 0) is 11.3 Å². The van der Waals surface area contributed by atoms with Gasteiger partial charge in [0.05, 0.1) is 6.54 Å². The SMILES string of the molecule is CCC(C)(C(=O)N(C)Cc1cc(Br)cs1)C(N)=NO. The molecule has 1 rings (SSSR count). The highest BCUT2D eigenvalue weighted by Gasteiger charge is 2.38. The predicted molar refractivity (Wildman–Crippen MR) is 80.3 cm³/mol. The molecule has 106 valence electrons. The van der Waals surface area contributed by atoms with E-state index >= 15 is 0 Å². The molecule has 0 radical (unpaired) electrons. The smallest absolute Gasteiger partial charge is 0.236 e. The van der Waals surface area contributed by atoms with Crippen LogP contribution in [-0.4, -0.2) is 28.9 Å². The maximum absolute atomic E-state index is 12.5. The van der Waals surface area contributed by atoms with Gasteiger partial charge < -0.3 is 15.8 Å². The van der Waals surface area contributed by atoms with Crippen molar-refractivity contribution in [3.05, 3.63) is 20.8 Å². The van der Waals surface area contributed by atoms with E-state index in [0.717, 1.165) is 9.35 Å². The number of hydrogen-bond acceptors (Lipinski definition) is 4. The minimum atomic E-state index is -0.974. The number of carbonyl (C=O) groups is 1. The van der Waals surface area contributed by atoms with Crippen LogP contribution in [0, 0.1) is 5.41 Å². The van der Waals surface area contributed by atoms with Gasteiger partial charge in [-0.25, -0.2) is 0 Å². The summed E-state index contributed by atoms with van der Waals surface area (Å²) in [5, 5.41) is 13.8. The normalized spacial score (nSPS) is 15.1. The minimum absolute atomic E-state index is 0.0563. The highest BCUT2D eigenvalue weighted by molar-refractivity contribution is 9.10. The largest absolute Gasteiger partial charge is 0.409 e. The van der Waals surface area contributed by atoms with E-state index in [0.29, 0.717) is 13.0 Å². The van der Waals surface area contributed by atoms with Crippen molar-refractivity contribution in [2.24, 2.45) is 16.3 Å². The van der Waals surface area contributed by atoms with Crippen LogP contribution in [0.4, 0.5) is 0 Å². The van der Waals surface area contributed by atoms with Crippen LogP contribution in [0.5, 0.6) is 0 Å². The van der Waals surface area contributed by atoms with Crippen LogP contribution < -0.4 is 5.73 Å². The second-order valence-electron chi connectivity index (χ2n) is 4.56. The molecule has 0 aliphatic rings. The fourth-order valence-electron chi connectivity index (χ4n) is 1.72. The lowest BCUT2D eigenvalue weighted by atomic mass is 9.84. The average Bonchev–Trinajstić information content (AvgIpc) is 2.81. The van der Waals surface area contributed by atoms with Gasteiger partial charge in [-0.15, -0.1) is 11.3 Å². The zero-order chi connectivity index (χ0) is 14.6. The summed E-state index contributed by atoms with van der Waals surface area (Å²) >= 11 is 4.96.